The monoisotopic (exact) mass is 360 g/mol. The Morgan fingerprint density at radius 3 is 2.69 bits per heavy atom. The van der Waals surface area contributed by atoms with Crippen molar-refractivity contribution in [2.45, 2.75) is 38.1 Å². The first-order valence-electron chi connectivity index (χ1n) is 9.84. The molecule has 7 nitrogen and oxygen atoms in total. The van der Waals surface area contributed by atoms with Crippen molar-refractivity contribution in [2.75, 3.05) is 51.7 Å². The third-order valence-corrected chi connectivity index (χ3v) is 5.46. The van der Waals surface area contributed by atoms with Crippen LogP contribution in [-0.4, -0.2) is 78.9 Å². The largest absolute Gasteiger partial charge is 0.353 e. The Kier molecular flexibility index (Phi) is 6.66. The van der Waals surface area contributed by atoms with E-state index in [1.54, 1.807) is 6.20 Å². The van der Waals surface area contributed by atoms with Crippen molar-refractivity contribution in [3.63, 3.8) is 0 Å². The second-order valence-corrected chi connectivity index (χ2v) is 7.84. The van der Waals surface area contributed by atoms with Crippen LogP contribution in [0.2, 0.25) is 0 Å². The summed E-state index contributed by atoms with van der Waals surface area (Å²) in [5, 5.41) is 11.4. The summed E-state index contributed by atoms with van der Waals surface area (Å²) in [6.07, 6.45) is 7.27. The second-order valence-electron chi connectivity index (χ2n) is 7.84. The Morgan fingerprint density at radius 2 is 2.00 bits per heavy atom. The molecule has 7 heteroatoms. The highest BCUT2D eigenvalue weighted by Crippen LogP contribution is 2.25. The Bertz CT molecular complexity index is 558. The van der Waals surface area contributed by atoms with Crippen LogP contribution < -0.4 is 10.2 Å². The molecule has 26 heavy (non-hydrogen) atoms. The number of amides is 2. The molecule has 1 aliphatic heterocycles. The Hall–Kier alpha value is -1.89. The zero-order valence-corrected chi connectivity index (χ0v) is 16.1. The molecule has 1 aliphatic carbocycles. The van der Waals surface area contributed by atoms with Crippen LogP contribution in [0.25, 0.3) is 0 Å². The van der Waals surface area contributed by atoms with Crippen LogP contribution in [0.3, 0.4) is 0 Å². The Balaban J connectivity index is 1.44. The number of aromatic nitrogens is 2. The molecule has 1 aromatic rings. The quantitative estimate of drug-likeness (QED) is 0.887. The Labute approximate surface area is 156 Å². The molecule has 0 spiro atoms. The van der Waals surface area contributed by atoms with E-state index in [4.69, 9.17) is 0 Å². The van der Waals surface area contributed by atoms with E-state index in [2.05, 4.69) is 39.4 Å². The third kappa shape index (κ3) is 5.30. The van der Waals surface area contributed by atoms with Crippen molar-refractivity contribution in [1.82, 2.24) is 25.3 Å². The van der Waals surface area contributed by atoms with Gasteiger partial charge in [0.1, 0.15) is 0 Å². The van der Waals surface area contributed by atoms with E-state index in [0.717, 1.165) is 63.7 Å². The van der Waals surface area contributed by atoms with Gasteiger partial charge >= 0.3 is 6.03 Å². The number of rotatable bonds is 4. The first-order valence-corrected chi connectivity index (χ1v) is 9.84. The molecule has 2 amide bonds. The number of carbonyl (C=O) groups is 1. The standard InChI is InChI=1S/C19H32N6O/c1-23(2)15-16-6-8-17(9-7-16)21-19(26)25-12-4-11-24(13-14-25)18-5-3-10-20-22-18/h3,5,10,16-17H,4,6-9,11-15H2,1-2H3,(H,21,26). The maximum Gasteiger partial charge on any atom is 0.317 e. The van der Waals surface area contributed by atoms with E-state index < -0.39 is 0 Å². The number of urea groups is 1. The Morgan fingerprint density at radius 1 is 1.19 bits per heavy atom. The number of hydrogen-bond donors (Lipinski definition) is 1. The molecule has 0 bridgehead atoms. The summed E-state index contributed by atoms with van der Waals surface area (Å²) in [5.74, 6) is 1.67. The topological polar surface area (TPSA) is 64.6 Å². The van der Waals surface area contributed by atoms with Crippen molar-refractivity contribution in [1.29, 1.82) is 0 Å². The smallest absolute Gasteiger partial charge is 0.317 e. The van der Waals surface area contributed by atoms with E-state index in [1.807, 2.05) is 17.0 Å². The van der Waals surface area contributed by atoms with Gasteiger partial charge in [0, 0.05) is 45.0 Å². The summed E-state index contributed by atoms with van der Waals surface area (Å²) >= 11 is 0. The fraction of sp³-hybridized carbons (Fsp3) is 0.737. The number of nitrogens with one attached hydrogen (secondary N) is 1. The van der Waals surface area contributed by atoms with E-state index >= 15 is 0 Å². The van der Waals surface area contributed by atoms with Crippen LogP contribution in [0, 0.1) is 5.92 Å². The molecule has 0 aromatic carbocycles. The molecule has 144 valence electrons. The maximum absolute atomic E-state index is 12.7. The fourth-order valence-corrected chi connectivity index (χ4v) is 4.08. The van der Waals surface area contributed by atoms with Gasteiger partial charge in [-0.1, -0.05) is 0 Å². The minimum absolute atomic E-state index is 0.0991. The molecule has 2 aliphatic rings. The van der Waals surface area contributed by atoms with Gasteiger partial charge in [0.05, 0.1) is 0 Å². The zero-order valence-electron chi connectivity index (χ0n) is 16.1. The molecule has 3 rings (SSSR count). The number of nitrogens with zero attached hydrogens (tertiary/aromatic N) is 5. The molecule has 2 fully saturated rings. The van der Waals surface area contributed by atoms with Crippen molar-refractivity contribution in [3.05, 3.63) is 18.3 Å². The summed E-state index contributed by atoms with van der Waals surface area (Å²) in [7, 11) is 4.27. The van der Waals surface area contributed by atoms with Gasteiger partial charge < -0.3 is 20.0 Å². The lowest BCUT2D eigenvalue weighted by atomic mass is 9.86. The lowest BCUT2D eigenvalue weighted by molar-refractivity contribution is 0.185. The molecule has 0 radical (unpaired) electrons. The SMILES string of the molecule is CN(C)CC1CCC(NC(=O)N2CCCN(c3cccnn3)CC2)CC1. The third-order valence-electron chi connectivity index (χ3n) is 5.46. The van der Waals surface area contributed by atoms with Gasteiger partial charge in [-0.3, -0.25) is 0 Å². The van der Waals surface area contributed by atoms with Gasteiger partial charge in [-0.25, -0.2) is 4.79 Å². The molecular weight excluding hydrogens is 328 g/mol. The van der Waals surface area contributed by atoms with Crippen LogP contribution in [0.1, 0.15) is 32.1 Å². The molecular formula is C19H32N6O. The summed E-state index contributed by atoms with van der Waals surface area (Å²) in [5.41, 5.74) is 0. The molecule has 0 atom stereocenters. The first kappa shape index (κ1) is 18.9. The summed E-state index contributed by atoms with van der Waals surface area (Å²) in [6, 6.07) is 4.32. The maximum atomic E-state index is 12.7. The summed E-state index contributed by atoms with van der Waals surface area (Å²) in [4.78, 5) is 19.1. The number of anilines is 1. The summed E-state index contributed by atoms with van der Waals surface area (Å²) < 4.78 is 0. The highest BCUT2D eigenvalue weighted by Gasteiger charge is 2.25. The van der Waals surface area contributed by atoms with E-state index in [-0.39, 0.29) is 6.03 Å². The highest BCUT2D eigenvalue weighted by atomic mass is 16.2. The first-order chi connectivity index (χ1) is 12.6. The molecule has 2 heterocycles. The van der Waals surface area contributed by atoms with E-state index in [0.29, 0.717) is 6.04 Å². The van der Waals surface area contributed by atoms with Gasteiger partial charge in [0.25, 0.3) is 0 Å². The van der Waals surface area contributed by atoms with Crippen molar-refractivity contribution >= 4 is 11.8 Å². The fourth-order valence-electron chi connectivity index (χ4n) is 4.08. The van der Waals surface area contributed by atoms with Gasteiger partial charge in [0.2, 0.25) is 0 Å². The molecule has 1 N–H and O–H groups in total. The molecule has 0 unspecified atom stereocenters. The lowest BCUT2D eigenvalue weighted by Gasteiger charge is -2.32. The second kappa shape index (κ2) is 9.16. The number of carbonyl (C=O) groups excluding carboxylic acids is 1. The van der Waals surface area contributed by atoms with Crippen LogP contribution in [0.15, 0.2) is 18.3 Å². The van der Waals surface area contributed by atoms with Crippen molar-refractivity contribution in [3.8, 4) is 0 Å². The van der Waals surface area contributed by atoms with Crippen LogP contribution >= 0.6 is 0 Å². The van der Waals surface area contributed by atoms with Gasteiger partial charge in [-0.05, 0) is 64.3 Å². The normalized spacial score (nSPS) is 24.4. The minimum Gasteiger partial charge on any atom is -0.353 e. The summed E-state index contributed by atoms with van der Waals surface area (Å²) in [6.45, 7) is 4.42. The molecule has 1 aromatic heterocycles. The van der Waals surface area contributed by atoms with Crippen LogP contribution in [0.4, 0.5) is 10.6 Å². The van der Waals surface area contributed by atoms with Crippen molar-refractivity contribution < 1.29 is 4.79 Å². The van der Waals surface area contributed by atoms with E-state index in [1.165, 1.54) is 12.8 Å². The van der Waals surface area contributed by atoms with Gasteiger partial charge in [0.15, 0.2) is 5.82 Å². The van der Waals surface area contributed by atoms with Gasteiger partial charge in [-0.15, -0.1) is 5.10 Å². The van der Waals surface area contributed by atoms with Crippen molar-refractivity contribution in [2.24, 2.45) is 5.92 Å². The lowest BCUT2D eigenvalue weighted by Crippen LogP contribution is -2.47. The molecule has 1 saturated carbocycles. The predicted molar refractivity (Wildman–Crippen MR) is 103 cm³/mol. The highest BCUT2D eigenvalue weighted by molar-refractivity contribution is 5.74. The van der Waals surface area contributed by atoms with E-state index in [9.17, 15) is 4.79 Å². The zero-order chi connectivity index (χ0) is 18.4. The minimum atomic E-state index is 0.0991. The van der Waals surface area contributed by atoms with Crippen LogP contribution in [-0.2, 0) is 0 Å². The van der Waals surface area contributed by atoms with Crippen LogP contribution in [0.5, 0.6) is 0 Å². The average molecular weight is 361 g/mol. The van der Waals surface area contributed by atoms with Gasteiger partial charge in [-0.2, -0.15) is 5.10 Å². The molecule has 1 saturated heterocycles. The average Bonchev–Trinajstić information content (AvgIpc) is 2.90. The predicted octanol–water partition coefficient (Wildman–Crippen LogP) is 1.82. The number of hydrogen-bond acceptors (Lipinski definition) is 5.